The number of nitrogens with one attached hydrogen (secondary N) is 3. The number of imide groups is 1. The lowest BCUT2D eigenvalue weighted by Gasteiger charge is -2.27. The maximum absolute atomic E-state index is 13.5. The van der Waals surface area contributed by atoms with Crippen LogP contribution >= 0.6 is 0 Å². The molecule has 1 saturated heterocycles. The van der Waals surface area contributed by atoms with Gasteiger partial charge in [0.15, 0.2) is 11.4 Å². The molecule has 5 amide bonds. The maximum atomic E-state index is 13.5. The molecular weight excluding hydrogens is 900 g/mol. The van der Waals surface area contributed by atoms with E-state index in [1.54, 1.807) is 13.1 Å². The second-order valence-electron chi connectivity index (χ2n) is 17.1. The summed E-state index contributed by atoms with van der Waals surface area (Å²) >= 11 is 0. The van der Waals surface area contributed by atoms with Crippen molar-refractivity contribution in [2.24, 2.45) is 12.8 Å². The number of aromatic nitrogens is 6. The van der Waals surface area contributed by atoms with Gasteiger partial charge in [-0.05, 0) is 77.6 Å². The van der Waals surface area contributed by atoms with Crippen LogP contribution in [0.25, 0.3) is 22.5 Å². The van der Waals surface area contributed by atoms with Crippen molar-refractivity contribution in [2.45, 2.75) is 90.2 Å². The second-order valence-corrected chi connectivity index (χ2v) is 17.1. The number of aryl methyl sites for hydroxylation is 2. The molecular formula is C44H54F3N11O10. The highest BCUT2D eigenvalue weighted by molar-refractivity contribution is 6.07. The predicted octanol–water partition coefficient (Wildman–Crippen LogP) is 4.42. The van der Waals surface area contributed by atoms with Gasteiger partial charge in [0.1, 0.15) is 30.3 Å². The molecule has 0 saturated carbocycles. The number of pyridine rings is 1. The summed E-state index contributed by atoms with van der Waals surface area (Å²) in [7, 11) is 1.67. The van der Waals surface area contributed by atoms with Gasteiger partial charge in [0.05, 0.1) is 42.6 Å². The third-order valence-electron chi connectivity index (χ3n) is 10.8. The van der Waals surface area contributed by atoms with Crippen molar-refractivity contribution >= 4 is 52.3 Å². The lowest BCUT2D eigenvalue weighted by molar-refractivity contribution is -0.135. The number of hydrogen-bond donors (Lipinski definition) is 4. The van der Waals surface area contributed by atoms with E-state index in [1.807, 2.05) is 26.0 Å². The number of hydrogen-bond acceptors (Lipinski definition) is 14. The average Bonchev–Trinajstić information content (AvgIpc) is 4.00. The van der Waals surface area contributed by atoms with Crippen LogP contribution in [-0.2, 0) is 37.3 Å². The Labute approximate surface area is 387 Å². The van der Waals surface area contributed by atoms with Gasteiger partial charge < -0.3 is 35.0 Å². The number of oxazole rings is 1. The number of carbonyl (C=O) groups excluding carboxylic acids is 5. The number of nitrogens with zero attached hydrogens (tertiary/aromatic N) is 7. The maximum Gasteiger partial charge on any atom is 0.416 e. The lowest BCUT2D eigenvalue weighted by atomic mass is 10.0. The number of primary amides is 1. The standard InChI is InChI=1S/C44H54F3N11O10/c1-25(49-16-18-66-20-19-65-17-8-10-27-9-7-11-31-36(27)55(6)41(63)58(31)32-12-13-34(59)53-39(32)62)26(2)57-22-29(35(54-57)37(48)60)51-38(61)30-23-67-40(52-30)28-14-15-50-33(21-28)56(24-44(45,46)47)42(64)68-43(3,4)5/h7,9,11,14-15,21-23,25-26,32,49H,8,10,12-13,16-20,24H2,1-6H3,(H2,48,60)(H,51,61)(H,53,59,62)/t25?,26-,32?/m0/s1. The fourth-order valence-corrected chi connectivity index (χ4v) is 7.40. The Balaban J connectivity index is 0.948. The first-order valence-corrected chi connectivity index (χ1v) is 21.7. The van der Waals surface area contributed by atoms with Crippen molar-refractivity contribution in [2.75, 3.05) is 49.7 Å². The molecule has 1 aromatic carbocycles. The third-order valence-corrected chi connectivity index (χ3v) is 10.8. The third kappa shape index (κ3) is 12.5. The van der Waals surface area contributed by atoms with Gasteiger partial charge in [-0.3, -0.25) is 43.2 Å². The molecule has 1 fully saturated rings. The number of imidazole rings is 1. The van der Waals surface area contributed by atoms with Crippen molar-refractivity contribution in [1.29, 1.82) is 0 Å². The number of piperidine rings is 1. The Morgan fingerprint density at radius 1 is 1.06 bits per heavy atom. The van der Waals surface area contributed by atoms with Crippen molar-refractivity contribution in [3.8, 4) is 11.5 Å². The van der Waals surface area contributed by atoms with E-state index in [0.29, 0.717) is 56.2 Å². The molecule has 2 unspecified atom stereocenters. The number of benzene rings is 1. The fourth-order valence-electron chi connectivity index (χ4n) is 7.40. The number of rotatable bonds is 20. The minimum Gasteiger partial charge on any atom is -0.444 e. The Morgan fingerprint density at radius 2 is 1.79 bits per heavy atom. The normalized spacial score (nSPS) is 15.3. The van der Waals surface area contributed by atoms with Crippen molar-refractivity contribution < 1.29 is 55.8 Å². The summed E-state index contributed by atoms with van der Waals surface area (Å²) in [4.78, 5) is 84.2. The summed E-state index contributed by atoms with van der Waals surface area (Å²) in [5, 5.41) is 12.5. The van der Waals surface area contributed by atoms with Crippen LogP contribution in [-0.4, -0.2) is 116 Å². The summed E-state index contributed by atoms with van der Waals surface area (Å²) < 4.78 is 67.0. The summed E-state index contributed by atoms with van der Waals surface area (Å²) in [6.07, 6.45) is -0.737. The van der Waals surface area contributed by atoms with Crippen LogP contribution in [0.4, 0.5) is 29.5 Å². The number of amides is 5. The summed E-state index contributed by atoms with van der Waals surface area (Å²) in [6, 6.07) is 6.78. The largest absolute Gasteiger partial charge is 0.444 e. The van der Waals surface area contributed by atoms with Crippen LogP contribution in [0.3, 0.4) is 0 Å². The van der Waals surface area contributed by atoms with Crippen LogP contribution in [0, 0.1) is 0 Å². The average molecular weight is 954 g/mol. The smallest absolute Gasteiger partial charge is 0.416 e. The lowest BCUT2D eigenvalue weighted by Crippen LogP contribution is -2.44. The topological polar surface area (TPSA) is 262 Å². The van der Waals surface area contributed by atoms with Crippen LogP contribution in [0.5, 0.6) is 0 Å². The van der Waals surface area contributed by atoms with Crippen molar-refractivity contribution in [3.63, 3.8) is 0 Å². The van der Waals surface area contributed by atoms with Crippen LogP contribution in [0.1, 0.15) is 92.5 Å². The SMILES string of the molecule is CC(NCCOCCOCCCc1cccc2c1n(C)c(=O)n2C1CCC(=O)NC1=O)[C@H](C)n1cc(NC(=O)c2coc(-c3ccnc(N(CC(F)(F)F)C(=O)OC(C)(C)C)c3)n2)c(C(N)=O)n1. The number of alkyl halides is 3. The molecule has 24 heteroatoms. The van der Waals surface area contributed by atoms with Crippen LogP contribution in [0.15, 0.2) is 58.2 Å². The highest BCUT2D eigenvalue weighted by Crippen LogP contribution is 2.29. The first kappa shape index (κ1) is 50.5. The first-order valence-electron chi connectivity index (χ1n) is 21.7. The van der Waals surface area contributed by atoms with Crippen molar-refractivity contribution in [1.82, 2.24) is 39.5 Å². The van der Waals surface area contributed by atoms with Crippen molar-refractivity contribution in [3.05, 3.63) is 76.4 Å². The molecule has 4 aromatic heterocycles. The van der Waals surface area contributed by atoms with Gasteiger partial charge in [-0.1, -0.05) is 12.1 Å². The molecule has 1 aliphatic rings. The number of halogens is 3. The van der Waals surface area contributed by atoms with Crippen LogP contribution in [0.2, 0.25) is 0 Å². The monoisotopic (exact) mass is 953 g/mol. The van der Waals surface area contributed by atoms with E-state index in [9.17, 15) is 41.9 Å². The van der Waals surface area contributed by atoms with Gasteiger partial charge in [-0.2, -0.15) is 18.3 Å². The molecule has 366 valence electrons. The Hall–Kier alpha value is -6.92. The Bertz CT molecular complexity index is 2700. The fraction of sp³-hybridized carbons (Fsp3) is 0.477. The summed E-state index contributed by atoms with van der Waals surface area (Å²) in [5.41, 5.74) is 6.12. The highest BCUT2D eigenvalue weighted by Gasteiger charge is 2.37. The number of carbonyl (C=O) groups is 5. The summed E-state index contributed by atoms with van der Waals surface area (Å²) in [5.74, 6) is -3.13. The van der Waals surface area contributed by atoms with Gasteiger partial charge in [0.25, 0.3) is 11.8 Å². The van der Waals surface area contributed by atoms with E-state index >= 15 is 0 Å². The number of nitrogens with two attached hydrogens (primary N) is 1. The molecule has 5 aromatic rings. The quantitative estimate of drug-likeness (QED) is 0.0622. The van der Waals surface area contributed by atoms with E-state index in [-0.39, 0.29) is 65.1 Å². The first-order chi connectivity index (χ1) is 32.1. The second kappa shape index (κ2) is 21.4. The molecule has 0 bridgehead atoms. The number of anilines is 2. The zero-order valence-corrected chi connectivity index (χ0v) is 38.3. The molecule has 5 N–H and O–H groups in total. The molecule has 5 heterocycles. The van der Waals surface area contributed by atoms with E-state index in [4.69, 9.17) is 24.4 Å². The van der Waals surface area contributed by atoms with E-state index in [1.165, 1.54) is 46.9 Å². The number of fused-ring (bicyclic) bond motifs is 1. The Morgan fingerprint density at radius 3 is 2.49 bits per heavy atom. The van der Waals surface area contributed by atoms with E-state index in [2.05, 4.69) is 31.0 Å². The molecule has 3 atom stereocenters. The molecule has 0 aliphatic carbocycles. The van der Waals surface area contributed by atoms with Crippen LogP contribution < -0.4 is 32.3 Å². The van der Waals surface area contributed by atoms with Gasteiger partial charge in [0, 0.05) is 50.6 Å². The Kier molecular flexibility index (Phi) is 15.9. The van der Waals surface area contributed by atoms with Gasteiger partial charge >= 0.3 is 18.0 Å². The minimum absolute atomic E-state index is 0.00711. The molecule has 0 spiro atoms. The molecule has 21 nitrogen and oxygen atoms in total. The minimum atomic E-state index is -4.78. The molecule has 6 rings (SSSR count). The van der Waals surface area contributed by atoms with E-state index in [0.717, 1.165) is 29.6 Å². The van der Waals surface area contributed by atoms with E-state index < -0.39 is 54.0 Å². The van der Waals surface area contributed by atoms with Gasteiger partial charge in [-0.15, -0.1) is 0 Å². The molecule has 68 heavy (non-hydrogen) atoms. The highest BCUT2D eigenvalue weighted by atomic mass is 19.4. The predicted molar refractivity (Wildman–Crippen MR) is 239 cm³/mol. The summed E-state index contributed by atoms with van der Waals surface area (Å²) in [6.45, 7) is 8.57. The zero-order chi connectivity index (χ0) is 49.5. The number of ether oxygens (including phenoxy) is 3. The number of para-hydroxylation sites is 1. The molecule has 1 aliphatic heterocycles. The zero-order valence-electron chi connectivity index (χ0n) is 38.3. The molecule has 0 radical (unpaired) electrons. The van der Waals surface area contributed by atoms with Gasteiger partial charge in [0.2, 0.25) is 17.7 Å². The van der Waals surface area contributed by atoms with Gasteiger partial charge in [-0.25, -0.2) is 19.6 Å².